The molecule has 0 heterocycles. The van der Waals surface area contributed by atoms with Gasteiger partial charge in [0, 0.05) is 6.92 Å². The molecule has 0 unspecified atom stereocenters. The van der Waals surface area contributed by atoms with Gasteiger partial charge in [-0.15, -0.1) is 0 Å². The van der Waals surface area contributed by atoms with Gasteiger partial charge >= 0.3 is 5.97 Å². The highest BCUT2D eigenvalue weighted by atomic mass is 16.7. The summed E-state index contributed by atoms with van der Waals surface area (Å²) in [6.07, 6.45) is 1.46. The number of carbonyl (C=O) groups excluding carboxylic acids is 1. The van der Waals surface area contributed by atoms with Crippen molar-refractivity contribution < 1.29 is 14.4 Å². The van der Waals surface area contributed by atoms with Crippen LogP contribution in [0, 0.1) is 0 Å². The lowest BCUT2D eigenvalue weighted by Gasteiger charge is -1.98. The van der Waals surface area contributed by atoms with Gasteiger partial charge in [-0.2, -0.15) is 0 Å². The SMILES string of the molecule is COc1ccc(/C=N/OC(C)=O)cc1. The normalized spacial score (nSPS) is 10.1. The van der Waals surface area contributed by atoms with Gasteiger partial charge in [-0.25, -0.2) is 4.79 Å². The molecule has 0 spiro atoms. The Morgan fingerprint density at radius 2 is 2.00 bits per heavy atom. The van der Waals surface area contributed by atoms with Gasteiger partial charge in [0.25, 0.3) is 0 Å². The van der Waals surface area contributed by atoms with Crippen LogP contribution in [0.15, 0.2) is 29.4 Å². The molecule has 1 aromatic carbocycles. The lowest BCUT2D eigenvalue weighted by atomic mass is 10.2. The maximum atomic E-state index is 10.4. The molecule has 0 N–H and O–H groups in total. The molecule has 1 rings (SSSR count). The van der Waals surface area contributed by atoms with E-state index in [1.54, 1.807) is 19.2 Å². The van der Waals surface area contributed by atoms with Crippen LogP contribution >= 0.6 is 0 Å². The topological polar surface area (TPSA) is 47.9 Å². The van der Waals surface area contributed by atoms with Crippen molar-refractivity contribution in [2.75, 3.05) is 7.11 Å². The molecule has 0 aliphatic heterocycles. The van der Waals surface area contributed by atoms with Crippen molar-refractivity contribution in [2.24, 2.45) is 5.16 Å². The standard InChI is InChI=1S/C10H11NO3/c1-8(12)14-11-7-9-3-5-10(13-2)6-4-9/h3-7H,1-2H3/b11-7+. The van der Waals surface area contributed by atoms with E-state index in [1.807, 2.05) is 12.1 Å². The number of hydrogen-bond acceptors (Lipinski definition) is 4. The van der Waals surface area contributed by atoms with Crippen molar-refractivity contribution in [1.29, 1.82) is 0 Å². The molecule has 4 nitrogen and oxygen atoms in total. The minimum atomic E-state index is -0.435. The lowest BCUT2D eigenvalue weighted by Crippen LogP contribution is -1.91. The van der Waals surface area contributed by atoms with Crippen molar-refractivity contribution in [1.82, 2.24) is 0 Å². The van der Waals surface area contributed by atoms with E-state index in [4.69, 9.17) is 4.74 Å². The first kappa shape index (κ1) is 10.2. The predicted molar refractivity (Wildman–Crippen MR) is 52.4 cm³/mol. The number of carbonyl (C=O) groups is 1. The fraction of sp³-hybridized carbons (Fsp3) is 0.200. The average molecular weight is 193 g/mol. The minimum absolute atomic E-state index is 0.435. The minimum Gasteiger partial charge on any atom is -0.497 e. The summed E-state index contributed by atoms with van der Waals surface area (Å²) in [5.74, 6) is 0.337. The van der Waals surface area contributed by atoms with Crippen LogP contribution in [0.25, 0.3) is 0 Å². The van der Waals surface area contributed by atoms with E-state index < -0.39 is 5.97 Å². The van der Waals surface area contributed by atoms with Crippen molar-refractivity contribution in [3.63, 3.8) is 0 Å². The fourth-order valence-electron chi connectivity index (χ4n) is 0.851. The third-order valence-corrected chi connectivity index (χ3v) is 1.50. The molecule has 0 atom stereocenters. The van der Waals surface area contributed by atoms with Crippen molar-refractivity contribution in [3.8, 4) is 5.75 Å². The Balaban J connectivity index is 2.59. The van der Waals surface area contributed by atoms with Crippen LogP contribution in [0.4, 0.5) is 0 Å². The smallest absolute Gasteiger partial charge is 0.331 e. The highest BCUT2D eigenvalue weighted by molar-refractivity contribution is 5.80. The summed E-state index contributed by atoms with van der Waals surface area (Å²) >= 11 is 0. The van der Waals surface area contributed by atoms with Gasteiger partial charge in [-0.1, -0.05) is 5.16 Å². The molecule has 0 aliphatic carbocycles. The van der Waals surface area contributed by atoms with Crippen LogP contribution in [0.5, 0.6) is 5.75 Å². The van der Waals surface area contributed by atoms with Crippen LogP contribution in [0.2, 0.25) is 0 Å². The van der Waals surface area contributed by atoms with Gasteiger partial charge in [0.15, 0.2) is 0 Å². The summed E-state index contributed by atoms with van der Waals surface area (Å²) in [5, 5.41) is 3.48. The zero-order valence-corrected chi connectivity index (χ0v) is 8.06. The predicted octanol–water partition coefficient (Wildman–Crippen LogP) is 1.59. The molecule has 0 radical (unpaired) electrons. The zero-order valence-electron chi connectivity index (χ0n) is 8.06. The van der Waals surface area contributed by atoms with Gasteiger partial charge in [0.2, 0.25) is 0 Å². The summed E-state index contributed by atoms with van der Waals surface area (Å²) in [5.41, 5.74) is 0.840. The number of oxime groups is 1. The Kier molecular flexibility index (Phi) is 3.67. The molecule has 14 heavy (non-hydrogen) atoms. The third kappa shape index (κ3) is 3.26. The summed E-state index contributed by atoms with van der Waals surface area (Å²) in [6.45, 7) is 1.30. The monoisotopic (exact) mass is 193 g/mol. The molecule has 0 saturated heterocycles. The molecule has 0 aliphatic rings. The van der Waals surface area contributed by atoms with Crippen LogP contribution in [0.1, 0.15) is 12.5 Å². The number of hydrogen-bond donors (Lipinski definition) is 0. The fourth-order valence-corrected chi connectivity index (χ4v) is 0.851. The second-order valence-corrected chi connectivity index (χ2v) is 2.59. The molecule has 0 aromatic heterocycles. The van der Waals surface area contributed by atoms with Gasteiger partial charge in [-0.3, -0.25) is 0 Å². The van der Waals surface area contributed by atoms with Crippen molar-refractivity contribution in [2.45, 2.75) is 6.92 Å². The Bertz CT molecular complexity index is 330. The second kappa shape index (κ2) is 5.01. The van der Waals surface area contributed by atoms with Crippen LogP contribution < -0.4 is 4.74 Å². The molecule has 0 bridgehead atoms. The molecule has 1 aromatic rings. The Morgan fingerprint density at radius 1 is 1.36 bits per heavy atom. The highest BCUT2D eigenvalue weighted by Crippen LogP contribution is 2.09. The van der Waals surface area contributed by atoms with Crippen LogP contribution in [-0.2, 0) is 9.63 Å². The summed E-state index contributed by atoms with van der Waals surface area (Å²) in [7, 11) is 1.60. The van der Waals surface area contributed by atoms with Crippen molar-refractivity contribution >= 4 is 12.2 Å². The van der Waals surface area contributed by atoms with E-state index in [1.165, 1.54) is 13.1 Å². The number of rotatable bonds is 3. The highest BCUT2D eigenvalue weighted by Gasteiger charge is 1.91. The molecule has 74 valence electrons. The van der Waals surface area contributed by atoms with E-state index in [0.29, 0.717) is 0 Å². The van der Waals surface area contributed by atoms with E-state index in [9.17, 15) is 4.79 Å². The molecular weight excluding hydrogens is 182 g/mol. The van der Waals surface area contributed by atoms with Gasteiger partial charge < -0.3 is 9.57 Å². The van der Waals surface area contributed by atoms with Crippen LogP contribution in [-0.4, -0.2) is 19.3 Å². The molecule has 4 heteroatoms. The maximum Gasteiger partial charge on any atom is 0.331 e. The van der Waals surface area contributed by atoms with Gasteiger partial charge in [0.05, 0.1) is 13.3 Å². The number of benzene rings is 1. The largest absolute Gasteiger partial charge is 0.497 e. The number of nitrogens with zero attached hydrogens (tertiary/aromatic N) is 1. The quantitative estimate of drug-likeness (QED) is 0.416. The molecule has 0 saturated carbocycles. The maximum absolute atomic E-state index is 10.4. The molecule has 0 amide bonds. The summed E-state index contributed by atoms with van der Waals surface area (Å²) in [4.78, 5) is 14.8. The van der Waals surface area contributed by atoms with Crippen molar-refractivity contribution in [3.05, 3.63) is 29.8 Å². The summed E-state index contributed by atoms with van der Waals surface area (Å²) < 4.78 is 4.98. The summed E-state index contributed by atoms with van der Waals surface area (Å²) in [6, 6.07) is 7.22. The van der Waals surface area contributed by atoms with Crippen LogP contribution in [0.3, 0.4) is 0 Å². The first-order valence-electron chi connectivity index (χ1n) is 4.07. The van der Waals surface area contributed by atoms with E-state index in [2.05, 4.69) is 9.99 Å². The van der Waals surface area contributed by atoms with E-state index >= 15 is 0 Å². The molecule has 0 fully saturated rings. The third-order valence-electron chi connectivity index (χ3n) is 1.50. The average Bonchev–Trinajstić information content (AvgIpc) is 2.18. The molecular formula is C10H11NO3. The lowest BCUT2D eigenvalue weighted by molar-refractivity contribution is -0.140. The van der Waals surface area contributed by atoms with Gasteiger partial charge in [-0.05, 0) is 29.8 Å². The second-order valence-electron chi connectivity index (χ2n) is 2.59. The first-order chi connectivity index (χ1) is 6.72. The van der Waals surface area contributed by atoms with E-state index in [0.717, 1.165) is 11.3 Å². The zero-order chi connectivity index (χ0) is 10.4. The van der Waals surface area contributed by atoms with Gasteiger partial charge in [0.1, 0.15) is 5.75 Å². The number of ether oxygens (including phenoxy) is 1. The van der Waals surface area contributed by atoms with E-state index in [-0.39, 0.29) is 0 Å². The first-order valence-corrected chi connectivity index (χ1v) is 4.07. The number of methoxy groups -OCH3 is 1. The Hall–Kier alpha value is -1.84. The Morgan fingerprint density at radius 3 is 2.50 bits per heavy atom. The Labute approximate surface area is 82.1 Å².